The Hall–Kier alpha value is -1.17. The summed E-state index contributed by atoms with van der Waals surface area (Å²) in [6, 6.07) is 27.3. The first-order valence-corrected chi connectivity index (χ1v) is 20.2. The molecule has 2 saturated carbocycles. The van der Waals surface area contributed by atoms with E-state index in [-0.39, 0.29) is 30.3 Å². The van der Waals surface area contributed by atoms with E-state index in [4.69, 9.17) is 0 Å². The predicted octanol–water partition coefficient (Wildman–Crippen LogP) is 14.2. The van der Waals surface area contributed by atoms with Gasteiger partial charge in [-0.1, -0.05) is 157 Å². The summed E-state index contributed by atoms with van der Waals surface area (Å²) >= 11 is 0. The summed E-state index contributed by atoms with van der Waals surface area (Å²) in [5.41, 5.74) is 9.71. The minimum absolute atomic E-state index is 0. The molecule has 46 heavy (non-hydrogen) atoms. The molecule has 2 aliphatic rings. The van der Waals surface area contributed by atoms with Crippen molar-refractivity contribution in [3.8, 4) is 11.1 Å². The summed E-state index contributed by atoms with van der Waals surface area (Å²) in [6.07, 6.45) is 18.7. The third-order valence-electron chi connectivity index (χ3n) is 9.83. The molecule has 0 bridgehead atoms. The van der Waals surface area contributed by atoms with Crippen LogP contribution in [0, 0.1) is 6.07 Å². The van der Waals surface area contributed by atoms with Crippen LogP contribution in [0.4, 0.5) is 0 Å². The van der Waals surface area contributed by atoms with Crippen LogP contribution in [0.25, 0.3) is 11.1 Å². The van der Waals surface area contributed by atoms with E-state index in [0.29, 0.717) is 17.8 Å². The Kier molecular flexibility index (Phi) is 20.0. The molecule has 0 nitrogen and oxygen atoms in total. The molecule has 0 saturated heterocycles. The molecule has 0 unspecified atom stereocenters. The normalized spacial score (nSPS) is 15.7. The maximum Gasteiger partial charge on any atom is 1.00 e. The molecular weight excluding hydrogens is 756 g/mol. The Balaban J connectivity index is 0.000000522. The summed E-state index contributed by atoms with van der Waals surface area (Å²) in [5, 5.41) is 1.75. The largest absolute Gasteiger partial charge is 1.00 e. The van der Waals surface area contributed by atoms with Crippen molar-refractivity contribution in [3.05, 3.63) is 89.5 Å². The second-order valence-electron chi connectivity index (χ2n) is 14.5. The molecule has 0 radical (unpaired) electrons. The van der Waals surface area contributed by atoms with Crippen molar-refractivity contribution < 1.29 is 22.4 Å². The van der Waals surface area contributed by atoms with Gasteiger partial charge in [0, 0.05) is 0 Å². The Bertz CT molecular complexity index is 1130. The van der Waals surface area contributed by atoms with E-state index >= 15 is 0 Å². The van der Waals surface area contributed by atoms with Gasteiger partial charge in [0.05, 0.1) is 0 Å². The quantitative estimate of drug-likeness (QED) is 0.115. The number of hydrogen-bond acceptors (Lipinski definition) is 0. The molecule has 0 N–H and O–H groups in total. The van der Waals surface area contributed by atoms with Gasteiger partial charge in [-0.15, -0.1) is 0 Å². The van der Waals surface area contributed by atoms with Gasteiger partial charge in [-0.3, -0.25) is 0 Å². The van der Waals surface area contributed by atoms with Crippen LogP contribution in [0.2, 0.25) is 0 Å². The smallest absolute Gasteiger partial charge is 0.184 e. The molecule has 2 heteroatoms. The van der Waals surface area contributed by atoms with Gasteiger partial charge in [0.1, 0.15) is 0 Å². The van der Waals surface area contributed by atoms with Gasteiger partial charge in [-0.2, -0.15) is 36.4 Å². The minimum Gasteiger partial charge on any atom is -0.184 e. The zero-order valence-electron chi connectivity index (χ0n) is 30.7. The van der Waals surface area contributed by atoms with E-state index in [1.807, 2.05) is 30.3 Å². The third-order valence-corrected chi connectivity index (χ3v) is 13.4. The van der Waals surface area contributed by atoms with E-state index in [9.17, 15) is 0 Å². The van der Waals surface area contributed by atoms with Crippen LogP contribution in [0.15, 0.2) is 66.7 Å². The maximum absolute atomic E-state index is 2.89. The van der Waals surface area contributed by atoms with Crippen LogP contribution < -0.4 is 5.30 Å². The molecule has 3 aromatic rings. The average molecular weight is 823 g/mol. The van der Waals surface area contributed by atoms with E-state index in [2.05, 4.69) is 97.9 Å². The first-order chi connectivity index (χ1) is 21.8. The minimum atomic E-state index is -0.120. The SMILES string of the molecule is CC(C)c1cc(C(C)C)c(-c2ccccc2P(C2CCCCC2)C2CCCCC2)c(C(C)C)c1.CCCCC.[Au+].[c-]1ccccc1. The fourth-order valence-electron chi connectivity index (χ4n) is 7.28. The Labute approximate surface area is 302 Å². The standard InChI is InChI=1S/C33H49P.C6H5.C5H12.Au/c1-23(2)26-21-30(24(3)4)33(31(22-26)25(5)6)29-19-13-14-20-32(29)34(27-15-9-7-10-16-27)28-17-11-8-12-18-28;1-2-4-6-5-3-1;1-3-5-4-2;/h13-14,19-25,27-28H,7-12,15-18H2,1-6H3;1-5H;3-5H2,1-2H3;/q;-1;;+1. The first kappa shape index (κ1) is 41.0. The van der Waals surface area contributed by atoms with Gasteiger partial charge >= 0.3 is 22.4 Å². The van der Waals surface area contributed by atoms with E-state index in [0.717, 1.165) is 11.3 Å². The van der Waals surface area contributed by atoms with Crippen molar-refractivity contribution in [2.75, 3.05) is 0 Å². The Morgan fingerprint density at radius 2 is 1.11 bits per heavy atom. The van der Waals surface area contributed by atoms with E-state index < -0.39 is 0 Å². The molecule has 3 aromatic carbocycles. The van der Waals surface area contributed by atoms with Crippen LogP contribution in [-0.2, 0) is 22.4 Å². The van der Waals surface area contributed by atoms with Crippen molar-refractivity contribution in [3.63, 3.8) is 0 Å². The number of hydrogen-bond donors (Lipinski definition) is 0. The van der Waals surface area contributed by atoms with Crippen LogP contribution in [0.1, 0.15) is 173 Å². The third kappa shape index (κ3) is 12.4. The molecule has 0 aromatic heterocycles. The second kappa shape index (κ2) is 22.5. The van der Waals surface area contributed by atoms with Crippen LogP contribution >= 0.6 is 7.92 Å². The van der Waals surface area contributed by atoms with Gasteiger partial charge in [0.25, 0.3) is 0 Å². The number of benzene rings is 3. The summed E-state index contributed by atoms with van der Waals surface area (Å²) in [7, 11) is -0.120. The molecule has 0 heterocycles. The summed E-state index contributed by atoms with van der Waals surface area (Å²) in [6.45, 7) is 18.7. The zero-order valence-corrected chi connectivity index (χ0v) is 33.7. The molecule has 0 amide bonds. The Morgan fingerprint density at radius 3 is 1.46 bits per heavy atom. The van der Waals surface area contributed by atoms with Crippen molar-refractivity contribution in [1.82, 2.24) is 0 Å². The summed E-state index contributed by atoms with van der Waals surface area (Å²) in [4.78, 5) is 0. The van der Waals surface area contributed by atoms with Crippen molar-refractivity contribution in [2.24, 2.45) is 0 Å². The molecule has 258 valence electrons. The monoisotopic (exact) mass is 822 g/mol. The van der Waals surface area contributed by atoms with Crippen LogP contribution in [0.3, 0.4) is 0 Å². The molecular formula is C44H66AuP. The van der Waals surface area contributed by atoms with E-state index in [1.54, 1.807) is 27.6 Å². The fraction of sp³-hybridized carbons (Fsp3) is 0.591. The number of rotatable bonds is 9. The van der Waals surface area contributed by atoms with Crippen LogP contribution in [0.5, 0.6) is 0 Å². The molecule has 0 atom stereocenters. The molecule has 0 aliphatic heterocycles. The van der Waals surface area contributed by atoms with Gasteiger partial charge < -0.3 is 0 Å². The van der Waals surface area contributed by atoms with E-state index in [1.165, 1.54) is 89.0 Å². The van der Waals surface area contributed by atoms with Crippen LogP contribution in [-0.4, -0.2) is 11.3 Å². The van der Waals surface area contributed by atoms with Crippen molar-refractivity contribution in [2.45, 2.75) is 168 Å². The second-order valence-corrected chi connectivity index (χ2v) is 17.2. The van der Waals surface area contributed by atoms with Gasteiger partial charge in [0.2, 0.25) is 0 Å². The average Bonchev–Trinajstić information content (AvgIpc) is 3.07. The van der Waals surface area contributed by atoms with Gasteiger partial charge in [0.15, 0.2) is 0 Å². The van der Waals surface area contributed by atoms with Gasteiger partial charge in [-0.25, -0.2) is 0 Å². The Morgan fingerprint density at radius 1 is 0.630 bits per heavy atom. The molecule has 0 spiro atoms. The first-order valence-electron chi connectivity index (χ1n) is 18.8. The summed E-state index contributed by atoms with van der Waals surface area (Å²) < 4.78 is 0. The fourth-order valence-corrected chi connectivity index (χ4v) is 11.2. The zero-order chi connectivity index (χ0) is 32.6. The maximum atomic E-state index is 2.89. The van der Waals surface area contributed by atoms with Crippen molar-refractivity contribution in [1.29, 1.82) is 0 Å². The van der Waals surface area contributed by atoms with Gasteiger partial charge in [-0.05, 0) is 87.9 Å². The predicted molar refractivity (Wildman–Crippen MR) is 205 cm³/mol. The molecule has 2 aliphatic carbocycles. The number of unbranched alkanes of at least 4 members (excludes halogenated alkanes) is 2. The summed E-state index contributed by atoms with van der Waals surface area (Å²) in [5.74, 6) is 1.64. The topological polar surface area (TPSA) is 0 Å². The molecule has 5 rings (SSSR count). The molecule has 2 fully saturated rings. The van der Waals surface area contributed by atoms with Crippen molar-refractivity contribution >= 4 is 13.2 Å².